The van der Waals surface area contributed by atoms with Gasteiger partial charge in [0.05, 0.1) is 16.9 Å². The summed E-state index contributed by atoms with van der Waals surface area (Å²) in [6, 6.07) is 8.73. The molecule has 1 saturated carbocycles. The van der Waals surface area contributed by atoms with Gasteiger partial charge in [-0.25, -0.2) is 14.2 Å². The lowest BCUT2D eigenvalue weighted by molar-refractivity contribution is -0.190. The molecule has 0 unspecified atom stereocenters. The molecule has 6 rings (SSSR count). The molecule has 1 atom stereocenters. The molecule has 2 N–H and O–H groups in total. The molecule has 1 aliphatic heterocycles. The van der Waals surface area contributed by atoms with Crippen molar-refractivity contribution >= 4 is 28.4 Å². The third-order valence-electron chi connectivity index (χ3n) is 7.58. The van der Waals surface area contributed by atoms with Crippen LogP contribution in [0.3, 0.4) is 0 Å². The fourth-order valence-corrected chi connectivity index (χ4v) is 5.43. The van der Waals surface area contributed by atoms with Crippen LogP contribution in [0.5, 0.6) is 5.88 Å². The topological polar surface area (TPSA) is 94.9 Å². The molecule has 4 aromatic rings. The van der Waals surface area contributed by atoms with Gasteiger partial charge in [-0.15, -0.1) is 0 Å². The van der Waals surface area contributed by atoms with Crippen molar-refractivity contribution in [3.63, 3.8) is 0 Å². The van der Waals surface area contributed by atoms with Gasteiger partial charge in [0, 0.05) is 42.7 Å². The van der Waals surface area contributed by atoms with E-state index < -0.39 is 23.9 Å². The van der Waals surface area contributed by atoms with E-state index in [0.29, 0.717) is 54.6 Å². The molecule has 0 radical (unpaired) electrons. The van der Waals surface area contributed by atoms with Gasteiger partial charge in [-0.2, -0.15) is 13.2 Å². The second kappa shape index (κ2) is 9.61. The second-order valence-electron chi connectivity index (χ2n) is 10.6. The molecular formula is C28H27F4N5O3. The number of alkyl halides is 3. The molecule has 40 heavy (non-hydrogen) atoms. The summed E-state index contributed by atoms with van der Waals surface area (Å²) in [5, 5.41) is 0.787. The van der Waals surface area contributed by atoms with Crippen LogP contribution in [0.4, 0.5) is 17.6 Å². The second-order valence-corrected chi connectivity index (χ2v) is 10.6. The highest BCUT2D eigenvalue weighted by atomic mass is 19.4. The number of ether oxygens (including phenoxy) is 1. The number of carbonyl (C=O) groups excluding carboxylic acids is 2. The van der Waals surface area contributed by atoms with Crippen molar-refractivity contribution in [3.05, 3.63) is 53.5 Å². The Labute approximate surface area is 226 Å². The Hall–Kier alpha value is -3.93. The number of aryl methyl sites for hydroxylation is 1. The first kappa shape index (κ1) is 26.3. The van der Waals surface area contributed by atoms with Gasteiger partial charge in [-0.05, 0) is 68.9 Å². The number of esters is 1. The molecule has 3 aromatic heterocycles. The first-order chi connectivity index (χ1) is 19.0. The molecular weight excluding hydrogens is 530 g/mol. The minimum Gasteiger partial charge on any atom is -0.402 e. The van der Waals surface area contributed by atoms with Crippen LogP contribution in [-0.4, -0.2) is 56.0 Å². The van der Waals surface area contributed by atoms with E-state index in [1.807, 2.05) is 10.6 Å². The lowest BCUT2D eigenvalue weighted by Gasteiger charge is -2.30. The molecule has 1 saturated heterocycles. The van der Waals surface area contributed by atoms with Crippen LogP contribution in [-0.2, 0) is 11.3 Å². The third-order valence-corrected chi connectivity index (χ3v) is 7.58. The average molecular weight is 558 g/mol. The smallest absolute Gasteiger partial charge is 0.402 e. The zero-order valence-electron chi connectivity index (χ0n) is 21.7. The maximum Gasteiger partial charge on any atom is 0.491 e. The molecule has 0 spiro atoms. The van der Waals surface area contributed by atoms with Crippen molar-refractivity contribution in [1.82, 2.24) is 18.9 Å². The minimum atomic E-state index is -5.25. The Morgan fingerprint density at radius 1 is 1.12 bits per heavy atom. The number of imidazole rings is 1. The first-order valence-corrected chi connectivity index (χ1v) is 13.2. The number of nitrogens with two attached hydrogens (primary N) is 1. The minimum absolute atomic E-state index is 0.0312. The van der Waals surface area contributed by atoms with E-state index in [0.717, 1.165) is 30.7 Å². The van der Waals surface area contributed by atoms with Gasteiger partial charge in [0.1, 0.15) is 17.2 Å². The van der Waals surface area contributed by atoms with E-state index in [2.05, 4.69) is 0 Å². The number of carbonyl (C=O) groups is 2. The van der Waals surface area contributed by atoms with E-state index in [1.165, 1.54) is 27.5 Å². The van der Waals surface area contributed by atoms with Crippen LogP contribution in [0.2, 0.25) is 0 Å². The number of benzene rings is 1. The van der Waals surface area contributed by atoms with Crippen molar-refractivity contribution in [2.75, 3.05) is 13.1 Å². The van der Waals surface area contributed by atoms with Crippen LogP contribution < -0.4 is 10.5 Å². The summed E-state index contributed by atoms with van der Waals surface area (Å²) in [4.78, 5) is 31.5. The van der Waals surface area contributed by atoms with Gasteiger partial charge < -0.3 is 19.9 Å². The van der Waals surface area contributed by atoms with Crippen molar-refractivity contribution in [2.45, 2.75) is 51.4 Å². The number of piperidine rings is 1. The van der Waals surface area contributed by atoms with Gasteiger partial charge in [0.15, 0.2) is 0 Å². The Kier molecular flexibility index (Phi) is 6.32. The fourth-order valence-electron chi connectivity index (χ4n) is 5.43. The summed E-state index contributed by atoms with van der Waals surface area (Å²) in [7, 11) is 0. The van der Waals surface area contributed by atoms with Gasteiger partial charge in [0.2, 0.25) is 5.88 Å². The lowest BCUT2D eigenvalue weighted by Crippen LogP contribution is -2.45. The number of nitrogens with zero attached hydrogens (tertiary/aromatic N) is 4. The number of amides is 1. The van der Waals surface area contributed by atoms with Gasteiger partial charge >= 0.3 is 12.1 Å². The standard InChI is InChI=1S/C28H27F4N5O3/c1-15-25(22-9-17-6-7-19(29)12-21(17)36(22)13-16-4-5-16)34-23-10-18(26(38)35-8-2-3-20(33)14-35)11-24(37(15)23)40-27(39)28(30,31)32/h6-7,9-12,16,20H,2-5,8,13-14,33H2,1H3/t20-/m1/s1. The maximum absolute atomic E-state index is 14.2. The Bertz CT molecular complexity index is 1650. The third kappa shape index (κ3) is 4.80. The van der Waals surface area contributed by atoms with Gasteiger partial charge in [-0.1, -0.05) is 0 Å². The van der Waals surface area contributed by atoms with Crippen molar-refractivity contribution in [1.29, 1.82) is 0 Å². The first-order valence-electron chi connectivity index (χ1n) is 13.2. The number of hydrogen-bond donors (Lipinski definition) is 1. The number of halogens is 4. The monoisotopic (exact) mass is 557 g/mol. The Balaban J connectivity index is 1.51. The SMILES string of the molecule is Cc1c(-c2cc3ccc(F)cc3n2CC2CC2)nc2cc(C(=O)N3CCC[C@@H](N)C3)cc(OC(=O)C(F)(F)F)n12. The fraction of sp³-hybridized carbons (Fsp3) is 0.393. The quantitative estimate of drug-likeness (QED) is 0.280. The molecule has 0 bridgehead atoms. The van der Waals surface area contributed by atoms with Crippen molar-refractivity contribution < 1.29 is 31.9 Å². The lowest BCUT2D eigenvalue weighted by atomic mass is 10.1. The molecule has 1 aliphatic carbocycles. The molecule has 8 nitrogen and oxygen atoms in total. The van der Waals surface area contributed by atoms with E-state index in [-0.39, 0.29) is 23.1 Å². The van der Waals surface area contributed by atoms with Crippen molar-refractivity contribution in [3.8, 4) is 17.3 Å². The summed E-state index contributed by atoms with van der Waals surface area (Å²) < 4.78 is 61.9. The predicted molar refractivity (Wildman–Crippen MR) is 138 cm³/mol. The molecule has 4 heterocycles. The van der Waals surface area contributed by atoms with E-state index >= 15 is 0 Å². The Morgan fingerprint density at radius 2 is 1.90 bits per heavy atom. The Morgan fingerprint density at radius 3 is 2.60 bits per heavy atom. The van der Waals surface area contributed by atoms with Crippen LogP contribution in [0.25, 0.3) is 27.9 Å². The van der Waals surface area contributed by atoms with Crippen LogP contribution in [0.15, 0.2) is 36.4 Å². The summed E-state index contributed by atoms with van der Waals surface area (Å²) in [6.45, 7) is 3.03. The highest BCUT2D eigenvalue weighted by Gasteiger charge is 2.42. The van der Waals surface area contributed by atoms with E-state index in [1.54, 1.807) is 13.0 Å². The zero-order chi connectivity index (χ0) is 28.3. The summed E-state index contributed by atoms with van der Waals surface area (Å²) >= 11 is 0. The number of pyridine rings is 1. The zero-order valence-corrected chi connectivity index (χ0v) is 21.7. The van der Waals surface area contributed by atoms with Gasteiger partial charge in [0.25, 0.3) is 5.91 Å². The van der Waals surface area contributed by atoms with Crippen molar-refractivity contribution in [2.24, 2.45) is 11.7 Å². The molecule has 210 valence electrons. The molecule has 12 heteroatoms. The molecule has 2 aliphatic rings. The highest BCUT2D eigenvalue weighted by molar-refractivity contribution is 5.96. The summed E-state index contributed by atoms with van der Waals surface area (Å²) in [6.07, 6.45) is -1.70. The predicted octanol–water partition coefficient (Wildman–Crippen LogP) is 4.84. The van der Waals surface area contributed by atoms with Crippen LogP contribution in [0, 0.1) is 18.7 Å². The van der Waals surface area contributed by atoms with E-state index in [9.17, 15) is 27.2 Å². The summed E-state index contributed by atoms with van der Waals surface area (Å²) in [5.41, 5.74) is 8.35. The molecule has 2 fully saturated rings. The molecule has 1 aromatic carbocycles. The maximum atomic E-state index is 14.2. The number of aromatic nitrogens is 3. The largest absolute Gasteiger partial charge is 0.491 e. The number of fused-ring (bicyclic) bond motifs is 2. The normalized spacial score (nSPS) is 18.1. The average Bonchev–Trinajstić information content (AvgIpc) is 3.57. The number of rotatable bonds is 5. The molecule has 1 amide bonds. The summed E-state index contributed by atoms with van der Waals surface area (Å²) in [5.74, 6) is -3.29. The van der Waals surface area contributed by atoms with Crippen LogP contribution >= 0.6 is 0 Å². The van der Waals surface area contributed by atoms with E-state index in [4.69, 9.17) is 15.5 Å². The van der Waals surface area contributed by atoms with Gasteiger partial charge in [-0.3, -0.25) is 9.20 Å². The number of hydrogen-bond acceptors (Lipinski definition) is 5. The number of likely N-dealkylation sites (tertiary alicyclic amines) is 1. The van der Waals surface area contributed by atoms with Crippen LogP contribution in [0.1, 0.15) is 41.7 Å². The highest BCUT2D eigenvalue weighted by Crippen LogP contribution is 2.38.